The third-order valence-electron chi connectivity index (χ3n) is 3.76. The fraction of sp³-hybridized carbons (Fsp3) is 1.00. The highest BCUT2D eigenvalue weighted by Crippen LogP contribution is 2.33. The summed E-state index contributed by atoms with van der Waals surface area (Å²) in [6.07, 6.45) is 6.73. The van der Waals surface area contributed by atoms with Crippen LogP contribution in [-0.2, 0) is 4.74 Å². The van der Waals surface area contributed by atoms with Gasteiger partial charge in [0, 0.05) is 23.1 Å². The summed E-state index contributed by atoms with van der Waals surface area (Å²) in [6, 6.07) is 0.678. The quantitative estimate of drug-likeness (QED) is 0.689. The number of thioether (sulfide) groups is 1. The van der Waals surface area contributed by atoms with Gasteiger partial charge < -0.3 is 10.1 Å². The minimum absolute atomic E-state index is 0.442. The molecule has 3 heteroatoms. The summed E-state index contributed by atoms with van der Waals surface area (Å²) >= 11 is 2.17. The maximum absolute atomic E-state index is 5.69. The number of ether oxygens (including phenoxy) is 1. The molecule has 1 heterocycles. The Bertz CT molecular complexity index is 213. The lowest BCUT2D eigenvalue weighted by molar-refractivity contribution is 0.127. The van der Waals surface area contributed by atoms with Gasteiger partial charge in [-0.3, -0.25) is 0 Å². The lowest BCUT2D eigenvalue weighted by Crippen LogP contribution is -2.39. The van der Waals surface area contributed by atoms with Gasteiger partial charge in [0.25, 0.3) is 0 Å². The summed E-state index contributed by atoms with van der Waals surface area (Å²) in [5.74, 6) is 0. The van der Waals surface area contributed by atoms with Gasteiger partial charge in [-0.25, -0.2) is 0 Å². The number of nitrogens with one attached hydrogen (secondary N) is 1. The van der Waals surface area contributed by atoms with Crippen molar-refractivity contribution < 1.29 is 4.74 Å². The minimum Gasteiger partial charge on any atom is -0.377 e. The fourth-order valence-corrected chi connectivity index (χ4v) is 4.25. The molecule has 1 rings (SSSR count). The Balaban J connectivity index is 2.48. The molecule has 4 unspecified atom stereocenters. The number of rotatable bonds is 9. The van der Waals surface area contributed by atoms with Crippen molar-refractivity contribution in [3.63, 3.8) is 0 Å². The van der Waals surface area contributed by atoms with E-state index in [0.29, 0.717) is 17.4 Å². The third-order valence-corrected chi connectivity index (χ3v) is 5.74. The summed E-state index contributed by atoms with van der Waals surface area (Å²) in [7, 11) is 0. The van der Waals surface area contributed by atoms with Crippen LogP contribution < -0.4 is 5.32 Å². The van der Waals surface area contributed by atoms with E-state index in [4.69, 9.17) is 4.74 Å². The molecule has 1 aliphatic rings. The first kappa shape index (κ1) is 16.3. The minimum atomic E-state index is 0.442. The summed E-state index contributed by atoms with van der Waals surface area (Å²) in [4.78, 5) is 0. The van der Waals surface area contributed by atoms with E-state index in [1.54, 1.807) is 0 Å². The van der Waals surface area contributed by atoms with Crippen molar-refractivity contribution in [3.8, 4) is 0 Å². The summed E-state index contributed by atoms with van der Waals surface area (Å²) in [6.45, 7) is 11.2. The molecule has 4 atom stereocenters. The standard InChI is InChI=1S/C15H31NOS/c1-5-8-13(16-10-6-2)14(7-3)18-15-9-11-17-12(15)4/h12-16H,5-11H2,1-4H3. The topological polar surface area (TPSA) is 21.3 Å². The van der Waals surface area contributed by atoms with Crippen LogP contribution in [0.4, 0.5) is 0 Å². The van der Waals surface area contributed by atoms with Gasteiger partial charge in [-0.1, -0.05) is 27.2 Å². The molecular weight excluding hydrogens is 242 g/mol. The van der Waals surface area contributed by atoms with Crippen molar-refractivity contribution in [1.82, 2.24) is 5.32 Å². The average Bonchev–Trinajstić information content (AvgIpc) is 2.77. The van der Waals surface area contributed by atoms with Gasteiger partial charge in [0.15, 0.2) is 0 Å². The van der Waals surface area contributed by atoms with Gasteiger partial charge in [-0.05, 0) is 39.2 Å². The lowest BCUT2D eigenvalue weighted by atomic mass is 10.1. The molecule has 18 heavy (non-hydrogen) atoms. The molecule has 1 N–H and O–H groups in total. The predicted molar refractivity (Wildman–Crippen MR) is 82.5 cm³/mol. The second kappa shape index (κ2) is 9.22. The molecule has 0 radical (unpaired) electrons. The van der Waals surface area contributed by atoms with Crippen LogP contribution in [0, 0.1) is 0 Å². The SMILES string of the molecule is CCCNC(CCC)C(CC)SC1CCOC1C. The van der Waals surface area contributed by atoms with Crippen LogP contribution in [-0.4, -0.2) is 35.8 Å². The van der Waals surface area contributed by atoms with Crippen LogP contribution in [0.5, 0.6) is 0 Å². The predicted octanol–water partition coefficient (Wildman–Crippen LogP) is 3.84. The molecule has 2 nitrogen and oxygen atoms in total. The van der Waals surface area contributed by atoms with Gasteiger partial charge in [-0.2, -0.15) is 11.8 Å². The smallest absolute Gasteiger partial charge is 0.0666 e. The van der Waals surface area contributed by atoms with Gasteiger partial charge >= 0.3 is 0 Å². The molecule has 1 fully saturated rings. The van der Waals surface area contributed by atoms with Crippen molar-refractivity contribution in [2.24, 2.45) is 0 Å². The fourth-order valence-electron chi connectivity index (χ4n) is 2.65. The van der Waals surface area contributed by atoms with Crippen LogP contribution in [0.3, 0.4) is 0 Å². The lowest BCUT2D eigenvalue weighted by Gasteiger charge is -2.29. The van der Waals surface area contributed by atoms with Crippen LogP contribution in [0.2, 0.25) is 0 Å². The Labute approximate surface area is 118 Å². The molecule has 0 spiro atoms. The van der Waals surface area contributed by atoms with E-state index in [0.717, 1.165) is 18.4 Å². The highest BCUT2D eigenvalue weighted by Gasteiger charge is 2.30. The second-order valence-electron chi connectivity index (χ2n) is 5.34. The van der Waals surface area contributed by atoms with E-state index in [9.17, 15) is 0 Å². The highest BCUT2D eigenvalue weighted by molar-refractivity contribution is 8.00. The van der Waals surface area contributed by atoms with Gasteiger partial charge in [0.1, 0.15) is 0 Å². The second-order valence-corrected chi connectivity index (χ2v) is 6.82. The van der Waals surface area contributed by atoms with Gasteiger partial charge in [0.2, 0.25) is 0 Å². The van der Waals surface area contributed by atoms with Crippen molar-refractivity contribution in [2.75, 3.05) is 13.2 Å². The first-order valence-electron chi connectivity index (χ1n) is 7.73. The molecule has 0 aromatic rings. The molecule has 0 aliphatic carbocycles. The molecule has 0 aromatic heterocycles. The molecule has 1 aliphatic heterocycles. The molecule has 0 bridgehead atoms. The monoisotopic (exact) mass is 273 g/mol. The summed E-state index contributed by atoms with van der Waals surface area (Å²) in [5, 5.41) is 5.20. The molecular formula is C15H31NOS. The van der Waals surface area contributed by atoms with Crippen molar-refractivity contribution in [1.29, 1.82) is 0 Å². The summed E-state index contributed by atoms with van der Waals surface area (Å²) in [5.41, 5.74) is 0. The van der Waals surface area contributed by atoms with Gasteiger partial charge in [-0.15, -0.1) is 0 Å². The van der Waals surface area contributed by atoms with E-state index < -0.39 is 0 Å². The number of hydrogen-bond acceptors (Lipinski definition) is 3. The Morgan fingerprint density at radius 2 is 2.06 bits per heavy atom. The first-order valence-corrected chi connectivity index (χ1v) is 8.67. The molecule has 0 saturated carbocycles. The zero-order chi connectivity index (χ0) is 13.4. The molecule has 108 valence electrons. The Hall–Kier alpha value is 0.270. The Kier molecular flexibility index (Phi) is 8.36. The largest absolute Gasteiger partial charge is 0.377 e. The van der Waals surface area contributed by atoms with Crippen LogP contribution in [0.25, 0.3) is 0 Å². The van der Waals surface area contributed by atoms with Crippen LogP contribution in [0.1, 0.15) is 59.8 Å². The zero-order valence-corrected chi connectivity index (χ0v) is 13.4. The van der Waals surface area contributed by atoms with E-state index in [-0.39, 0.29) is 0 Å². The van der Waals surface area contributed by atoms with E-state index >= 15 is 0 Å². The van der Waals surface area contributed by atoms with E-state index in [1.807, 2.05) is 0 Å². The molecule has 1 saturated heterocycles. The zero-order valence-electron chi connectivity index (χ0n) is 12.6. The maximum atomic E-state index is 5.69. The van der Waals surface area contributed by atoms with Crippen molar-refractivity contribution in [2.45, 2.75) is 82.4 Å². The number of hydrogen-bond donors (Lipinski definition) is 1. The Morgan fingerprint density at radius 1 is 1.28 bits per heavy atom. The first-order chi connectivity index (χ1) is 8.72. The average molecular weight is 273 g/mol. The van der Waals surface area contributed by atoms with E-state index in [1.165, 1.54) is 32.1 Å². The van der Waals surface area contributed by atoms with Crippen LogP contribution in [0.15, 0.2) is 0 Å². The van der Waals surface area contributed by atoms with Crippen molar-refractivity contribution in [3.05, 3.63) is 0 Å². The molecule has 0 aromatic carbocycles. The van der Waals surface area contributed by atoms with Gasteiger partial charge in [0.05, 0.1) is 6.10 Å². The van der Waals surface area contributed by atoms with E-state index in [2.05, 4.69) is 44.8 Å². The Morgan fingerprint density at radius 3 is 2.56 bits per heavy atom. The third kappa shape index (κ3) is 5.10. The summed E-state index contributed by atoms with van der Waals surface area (Å²) < 4.78 is 5.69. The maximum Gasteiger partial charge on any atom is 0.0666 e. The van der Waals surface area contributed by atoms with Crippen LogP contribution >= 0.6 is 11.8 Å². The normalized spacial score (nSPS) is 27.3. The highest BCUT2D eigenvalue weighted by atomic mass is 32.2. The van der Waals surface area contributed by atoms with Crippen molar-refractivity contribution >= 4 is 11.8 Å². The molecule has 0 amide bonds.